The minimum Gasteiger partial charge on any atom is -0.224 e. The van der Waals surface area contributed by atoms with Gasteiger partial charge in [-0.2, -0.15) is 0 Å². The second-order valence-electron chi connectivity index (χ2n) is 5.52. The zero-order chi connectivity index (χ0) is 17.4. The summed E-state index contributed by atoms with van der Waals surface area (Å²) >= 11 is 1.32. The van der Waals surface area contributed by atoms with Gasteiger partial charge in [-0.05, 0) is 43.7 Å². The SMILES string of the molecule is Cc1ccc(Sc2ccc(S(C)(=O)=O)cc2S(C)(=O)=O)c(C)c1. The summed E-state index contributed by atoms with van der Waals surface area (Å²) in [6.45, 7) is 3.95. The topological polar surface area (TPSA) is 68.3 Å². The molecule has 2 aromatic carbocycles. The van der Waals surface area contributed by atoms with E-state index in [1.165, 1.54) is 23.9 Å². The largest absolute Gasteiger partial charge is 0.224 e. The molecular formula is C16H18O4S3. The van der Waals surface area contributed by atoms with E-state index in [0.29, 0.717) is 4.90 Å². The van der Waals surface area contributed by atoms with Crippen LogP contribution in [0.15, 0.2) is 56.0 Å². The van der Waals surface area contributed by atoms with Crippen molar-refractivity contribution in [1.82, 2.24) is 0 Å². The predicted molar refractivity (Wildman–Crippen MR) is 92.7 cm³/mol. The highest BCUT2D eigenvalue weighted by Gasteiger charge is 2.19. The van der Waals surface area contributed by atoms with Crippen molar-refractivity contribution in [1.29, 1.82) is 0 Å². The van der Waals surface area contributed by atoms with Crippen LogP contribution >= 0.6 is 11.8 Å². The molecule has 0 fully saturated rings. The first-order valence-corrected chi connectivity index (χ1v) is 11.4. The zero-order valence-corrected chi connectivity index (χ0v) is 15.8. The van der Waals surface area contributed by atoms with Gasteiger partial charge in [0.1, 0.15) is 0 Å². The predicted octanol–water partition coefficient (Wildman–Crippen LogP) is 3.26. The van der Waals surface area contributed by atoms with Crippen molar-refractivity contribution in [3.05, 3.63) is 47.5 Å². The van der Waals surface area contributed by atoms with Crippen LogP contribution < -0.4 is 0 Å². The van der Waals surface area contributed by atoms with E-state index < -0.39 is 19.7 Å². The monoisotopic (exact) mass is 370 g/mol. The number of hydrogen-bond donors (Lipinski definition) is 0. The Morgan fingerprint density at radius 3 is 1.91 bits per heavy atom. The first-order valence-electron chi connectivity index (χ1n) is 6.78. The van der Waals surface area contributed by atoms with Crippen LogP contribution in [-0.2, 0) is 19.7 Å². The molecule has 0 spiro atoms. The minimum atomic E-state index is -3.54. The molecule has 0 bridgehead atoms. The van der Waals surface area contributed by atoms with Gasteiger partial charge >= 0.3 is 0 Å². The molecule has 0 unspecified atom stereocenters. The Hall–Kier alpha value is -1.31. The zero-order valence-electron chi connectivity index (χ0n) is 13.3. The molecule has 0 radical (unpaired) electrons. The van der Waals surface area contributed by atoms with Crippen LogP contribution in [-0.4, -0.2) is 29.3 Å². The van der Waals surface area contributed by atoms with E-state index in [4.69, 9.17) is 0 Å². The maximum absolute atomic E-state index is 12.1. The van der Waals surface area contributed by atoms with Gasteiger partial charge in [-0.15, -0.1) is 0 Å². The molecule has 0 aliphatic heterocycles. The Balaban J connectivity index is 2.58. The molecule has 2 rings (SSSR count). The lowest BCUT2D eigenvalue weighted by molar-refractivity contribution is 0.598. The van der Waals surface area contributed by atoms with E-state index in [-0.39, 0.29) is 9.79 Å². The molecule has 0 N–H and O–H groups in total. The number of aryl methyl sites for hydroxylation is 2. The van der Waals surface area contributed by atoms with Crippen molar-refractivity contribution in [3.63, 3.8) is 0 Å². The van der Waals surface area contributed by atoms with Crippen molar-refractivity contribution in [2.24, 2.45) is 0 Å². The third kappa shape index (κ3) is 4.37. The van der Waals surface area contributed by atoms with Crippen LogP contribution in [0.2, 0.25) is 0 Å². The minimum absolute atomic E-state index is 0.00269. The summed E-state index contributed by atoms with van der Waals surface area (Å²) in [7, 11) is -7.01. The van der Waals surface area contributed by atoms with E-state index in [0.717, 1.165) is 28.5 Å². The van der Waals surface area contributed by atoms with Crippen LogP contribution in [0.1, 0.15) is 11.1 Å². The fraction of sp³-hybridized carbons (Fsp3) is 0.250. The lowest BCUT2D eigenvalue weighted by atomic mass is 10.2. The lowest BCUT2D eigenvalue weighted by Crippen LogP contribution is -2.04. The molecule has 0 aliphatic carbocycles. The van der Waals surface area contributed by atoms with Gasteiger partial charge < -0.3 is 0 Å². The Bertz CT molecular complexity index is 959. The number of sulfone groups is 2. The standard InChI is InChI=1S/C16H18O4S3/c1-11-5-7-14(12(2)9-11)21-15-8-6-13(22(3,17)18)10-16(15)23(4,19)20/h5-10H,1-4H3. The normalized spacial score (nSPS) is 12.3. The van der Waals surface area contributed by atoms with E-state index in [2.05, 4.69) is 0 Å². The van der Waals surface area contributed by atoms with Crippen LogP contribution in [0.25, 0.3) is 0 Å². The molecule has 23 heavy (non-hydrogen) atoms. The fourth-order valence-electron chi connectivity index (χ4n) is 2.13. The molecular weight excluding hydrogens is 352 g/mol. The van der Waals surface area contributed by atoms with Crippen LogP contribution in [0.4, 0.5) is 0 Å². The lowest BCUT2D eigenvalue weighted by Gasteiger charge is -2.11. The van der Waals surface area contributed by atoms with Gasteiger partial charge in [0.2, 0.25) is 0 Å². The molecule has 0 saturated carbocycles. The summed E-state index contributed by atoms with van der Waals surface area (Å²) in [6, 6.07) is 10.1. The second kappa shape index (κ2) is 6.30. The maximum Gasteiger partial charge on any atom is 0.176 e. The summed E-state index contributed by atoms with van der Waals surface area (Å²) in [4.78, 5) is 1.49. The average molecular weight is 371 g/mol. The van der Waals surface area contributed by atoms with E-state index >= 15 is 0 Å². The summed E-state index contributed by atoms with van der Waals surface area (Å²) in [5, 5.41) is 0. The van der Waals surface area contributed by atoms with Gasteiger partial charge in [0.15, 0.2) is 19.7 Å². The van der Waals surface area contributed by atoms with Crippen molar-refractivity contribution in [2.75, 3.05) is 12.5 Å². The van der Waals surface area contributed by atoms with Crippen LogP contribution in [0.5, 0.6) is 0 Å². The molecule has 2 aromatic rings. The molecule has 124 valence electrons. The number of rotatable bonds is 4. The van der Waals surface area contributed by atoms with Gasteiger partial charge in [-0.1, -0.05) is 29.5 Å². The van der Waals surface area contributed by atoms with Crippen molar-refractivity contribution >= 4 is 31.4 Å². The molecule has 0 aromatic heterocycles. The number of hydrogen-bond acceptors (Lipinski definition) is 5. The Morgan fingerprint density at radius 1 is 0.783 bits per heavy atom. The highest BCUT2D eigenvalue weighted by molar-refractivity contribution is 8.00. The molecule has 0 heterocycles. The van der Waals surface area contributed by atoms with E-state index in [1.807, 2.05) is 32.0 Å². The second-order valence-corrected chi connectivity index (χ2v) is 10.6. The Labute approximate surface area is 141 Å². The highest BCUT2D eigenvalue weighted by atomic mass is 32.2. The maximum atomic E-state index is 12.1. The van der Waals surface area contributed by atoms with Crippen LogP contribution in [0, 0.1) is 13.8 Å². The van der Waals surface area contributed by atoms with Crippen LogP contribution in [0.3, 0.4) is 0 Å². The Morgan fingerprint density at radius 2 is 1.39 bits per heavy atom. The van der Waals surface area contributed by atoms with Gasteiger partial charge in [-0.25, -0.2) is 16.8 Å². The highest BCUT2D eigenvalue weighted by Crippen LogP contribution is 2.36. The first kappa shape index (κ1) is 18.0. The third-order valence-electron chi connectivity index (χ3n) is 3.29. The van der Waals surface area contributed by atoms with Gasteiger partial charge in [0.25, 0.3) is 0 Å². The van der Waals surface area contributed by atoms with Gasteiger partial charge in [0.05, 0.1) is 9.79 Å². The molecule has 0 amide bonds. The molecule has 4 nitrogen and oxygen atoms in total. The van der Waals surface area contributed by atoms with E-state index in [9.17, 15) is 16.8 Å². The van der Waals surface area contributed by atoms with Gasteiger partial charge in [-0.3, -0.25) is 0 Å². The molecule has 0 atom stereocenters. The first-order chi connectivity index (χ1) is 10.5. The molecule has 0 saturated heterocycles. The molecule has 7 heteroatoms. The van der Waals surface area contributed by atoms with Crippen molar-refractivity contribution < 1.29 is 16.8 Å². The van der Waals surface area contributed by atoms with Crippen molar-refractivity contribution in [2.45, 2.75) is 33.4 Å². The quantitative estimate of drug-likeness (QED) is 0.826. The fourth-order valence-corrected chi connectivity index (χ4v) is 5.09. The van der Waals surface area contributed by atoms with Crippen molar-refractivity contribution in [3.8, 4) is 0 Å². The summed E-state index contributed by atoms with van der Waals surface area (Å²) in [5.41, 5.74) is 2.17. The summed E-state index contributed by atoms with van der Waals surface area (Å²) in [6.07, 6.45) is 2.14. The molecule has 0 aliphatic rings. The average Bonchev–Trinajstić information content (AvgIpc) is 2.40. The third-order valence-corrected chi connectivity index (χ3v) is 6.92. The van der Waals surface area contributed by atoms with E-state index in [1.54, 1.807) is 6.07 Å². The smallest absolute Gasteiger partial charge is 0.176 e. The van der Waals surface area contributed by atoms with Gasteiger partial charge in [0, 0.05) is 22.3 Å². The number of benzene rings is 2. The summed E-state index contributed by atoms with van der Waals surface area (Å²) in [5.74, 6) is 0. The summed E-state index contributed by atoms with van der Waals surface area (Å²) < 4.78 is 47.5. The Kier molecular flexibility index (Phi) is 4.94.